The van der Waals surface area contributed by atoms with Gasteiger partial charge in [0.25, 0.3) is 0 Å². The fourth-order valence-electron chi connectivity index (χ4n) is 3.83. The summed E-state index contributed by atoms with van der Waals surface area (Å²) in [6.07, 6.45) is -0.619. The number of rotatable bonds is 2. The summed E-state index contributed by atoms with van der Waals surface area (Å²) >= 11 is 0. The Balaban J connectivity index is 1.44. The van der Waals surface area contributed by atoms with E-state index in [1.54, 1.807) is 4.90 Å². The summed E-state index contributed by atoms with van der Waals surface area (Å²) in [5.41, 5.74) is -0.331. The lowest BCUT2D eigenvalue weighted by atomic mass is 9.56. The van der Waals surface area contributed by atoms with Crippen molar-refractivity contribution < 1.29 is 22.7 Å². The Bertz CT molecular complexity index is 636. The van der Waals surface area contributed by atoms with Crippen molar-refractivity contribution in [1.29, 1.82) is 0 Å². The Hall–Kier alpha value is -1.79. The molecule has 1 amide bonds. The second kappa shape index (κ2) is 5.88. The van der Waals surface area contributed by atoms with Crippen molar-refractivity contribution in [3.05, 3.63) is 29.6 Å². The molecule has 2 fully saturated rings. The summed E-state index contributed by atoms with van der Waals surface area (Å²) in [6.45, 7) is 6.96. The number of nitrogens with zero attached hydrogens (tertiary/aromatic N) is 2. The van der Waals surface area contributed by atoms with Gasteiger partial charge in [0.15, 0.2) is 0 Å². The molecule has 1 aromatic heterocycles. The Morgan fingerprint density at radius 2 is 1.92 bits per heavy atom. The van der Waals surface area contributed by atoms with Gasteiger partial charge in [0.1, 0.15) is 11.3 Å². The van der Waals surface area contributed by atoms with Crippen LogP contribution in [0.5, 0.6) is 0 Å². The molecule has 1 saturated heterocycles. The van der Waals surface area contributed by atoms with Crippen LogP contribution in [0.3, 0.4) is 0 Å². The van der Waals surface area contributed by atoms with Gasteiger partial charge in [0, 0.05) is 24.7 Å². The van der Waals surface area contributed by atoms with Crippen molar-refractivity contribution in [2.45, 2.75) is 51.8 Å². The van der Waals surface area contributed by atoms with E-state index in [0.29, 0.717) is 19.0 Å². The molecule has 1 aromatic rings. The third-order valence-electron chi connectivity index (χ3n) is 4.79. The predicted molar refractivity (Wildman–Crippen MR) is 85.9 cm³/mol. The highest BCUT2D eigenvalue weighted by molar-refractivity contribution is 5.69. The maximum atomic E-state index is 12.5. The lowest BCUT2D eigenvalue weighted by molar-refractivity contribution is -0.141. The molecule has 0 unspecified atom stereocenters. The number of alkyl halides is 3. The highest BCUT2D eigenvalue weighted by Crippen LogP contribution is 2.53. The van der Waals surface area contributed by atoms with Crippen LogP contribution in [0.4, 0.5) is 18.0 Å². The number of carbonyl (C=O) groups is 1. The smallest absolute Gasteiger partial charge is 0.433 e. The van der Waals surface area contributed by atoms with Crippen molar-refractivity contribution in [3.8, 4) is 0 Å². The number of pyridine rings is 1. The summed E-state index contributed by atoms with van der Waals surface area (Å²) in [4.78, 5) is 17.2. The lowest BCUT2D eigenvalue weighted by Gasteiger charge is -2.58. The summed E-state index contributed by atoms with van der Waals surface area (Å²) < 4.78 is 42.9. The molecule has 0 aromatic carbocycles. The van der Waals surface area contributed by atoms with E-state index < -0.39 is 17.5 Å². The van der Waals surface area contributed by atoms with Gasteiger partial charge in [0.05, 0.1) is 0 Å². The van der Waals surface area contributed by atoms with Gasteiger partial charge in [-0.15, -0.1) is 0 Å². The maximum Gasteiger partial charge on any atom is 0.433 e. The van der Waals surface area contributed by atoms with Gasteiger partial charge >= 0.3 is 12.3 Å². The number of aromatic nitrogens is 1. The van der Waals surface area contributed by atoms with E-state index in [4.69, 9.17) is 4.74 Å². The molecule has 0 atom stereocenters. The van der Waals surface area contributed by atoms with Crippen LogP contribution >= 0.6 is 0 Å². The first-order chi connectivity index (χ1) is 11.5. The molecule has 25 heavy (non-hydrogen) atoms. The molecular weight excluding hydrogens is 333 g/mol. The topological polar surface area (TPSA) is 42.4 Å². The molecule has 7 heteroatoms. The van der Waals surface area contributed by atoms with Crippen LogP contribution in [-0.2, 0) is 17.3 Å². The lowest BCUT2D eigenvalue weighted by Crippen LogP contribution is -2.64. The van der Waals surface area contributed by atoms with E-state index in [1.807, 2.05) is 20.8 Å². The van der Waals surface area contributed by atoms with Crippen molar-refractivity contribution in [1.82, 2.24) is 9.88 Å². The SMILES string of the molecule is CC(C)(C)OC(=O)N1CC2(CC(Cc3ccc(C(F)(F)F)nc3)C2)C1. The quantitative estimate of drug-likeness (QED) is 0.794. The van der Waals surface area contributed by atoms with Crippen molar-refractivity contribution in [2.24, 2.45) is 11.3 Å². The first-order valence-corrected chi connectivity index (χ1v) is 8.46. The molecule has 1 aliphatic carbocycles. The number of hydrogen-bond donors (Lipinski definition) is 0. The number of amides is 1. The van der Waals surface area contributed by atoms with Gasteiger partial charge in [-0.3, -0.25) is 4.98 Å². The minimum Gasteiger partial charge on any atom is -0.444 e. The third-order valence-corrected chi connectivity index (χ3v) is 4.79. The highest BCUT2D eigenvalue weighted by atomic mass is 19.4. The normalized spacial score (nSPS) is 20.2. The number of ether oxygens (including phenoxy) is 1. The van der Waals surface area contributed by atoms with Gasteiger partial charge in [0.2, 0.25) is 0 Å². The van der Waals surface area contributed by atoms with Crippen molar-refractivity contribution >= 4 is 6.09 Å². The summed E-state index contributed by atoms with van der Waals surface area (Å²) in [5.74, 6) is 0.444. The summed E-state index contributed by atoms with van der Waals surface area (Å²) in [6, 6.07) is 2.55. The molecule has 1 aliphatic heterocycles. The van der Waals surface area contributed by atoms with Crippen LogP contribution in [0.2, 0.25) is 0 Å². The maximum absolute atomic E-state index is 12.5. The van der Waals surface area contributed by atoms with Crippen LogP contribution < -0.4 is 0 Å². The molecule has 2 aliphatic rings. The van der Waals surface area contributed by atoms with E-state index in [2.05, 4.69) is 4.98 Å². The van der Waals surface area contributed by atoms with Gasteiger partial charge in [-0.05, 0) is 57.6 Å². The molecule has 0 bridgehead atoms. The van der Waals surface area contributed by atoms with Gasteiger partial charge in [-0.25, -0.2) is 4.79 Å². The minimum absolute atomic E-state index is 0.181. The Kier molecular flexibility index (Phi) is 4.24. The molecule has 4 nitrogen and oxygen atoms in total. The zero-order valence-corrected chi connectivity index (χ0v) is 14.7. The minimum atomic E-state index is -4.39. The fraction of sp³-hybridized carbons (Fsp3) is 0.667. The Labute approximate surface area is 145 Å². The van der Waals surface area contributed by atoms with E-state index in [1.165, 1.54) is 12.3 Å². The van der Waals surface area contributed by atoms with Gasteiger partial charge < -0.3 is 9.64 Å². The van der Waals surface area contributed by atoms with Crippen molar-refractivity contribution in [2.75, 3.05) is 13.1 Å². The molecule has 3 rings (SSSR count). The number of likely N-dealkylation sites (tertiary alicyclic amines) is 1. The number of carbonyl (C=O) groups excluding carboxylic acids is 1. The molecule has 0 N–H and O–H groups in total. The van der Waals surface area contributed by atoms with Crippen LogP contribution in [0.25, 0.3) is 0 Å². The molecule has 1 saturated carbocycles. The zero-order chi connectivity index (χ0) is 18.5. The molecule has 138 valence electrons. The average Bonchev–Trinajstić information content (AvgIpc) is 2.37. The molecule has 1 spiro atoms. The van der Waals surface area contributed by atoms with Crippen LogP contribution in [-0.4, -0.2) is 34.7 Å². The highest BCUT2D eigenvalue weighted by Gasteiger charge is 2.54. The van der Waals surface area contributed by atoms with Crippen LogP contribution in [0, 0.1) is 11.3 Å². The third kappa shape index (κ3) is 4.07. The van der Waals surface area contributed by atoms with E-state index >= 15 is 0 Å². The number of halogens is 3. The summed E-state index contributed by atoms with van der Waals surface area (Å²) in [5, 5.41) is 0. The molecule has 0 radical (unpaired) electrons. The largest absolute Gasteiger partial charge is 0.444 e. The van der Waals surface area contributed by atoms with Crippen LogP contribution in [0.15, 0.2) is 18.3 Å². The predicted octanol–water partition coefficient (Wildman–Crippen LogP) is 4.29. The summed E-state index contributed by atoms with van der Waals surface area (Å²) in [7, 11) is 0. The van der Waals surface area contributed by atoms with E-state index in [9.17, 15) is 18.0 Å². The van der Waals surface area contributed by atoms with Gasteiger partial charge in [-0.1, -0.05) is 6.07 Å². The first kappa shape index (κ1) is 18.0. The zero-order valence-electron chi connectivity index (χ0n) is 14.7. The van der Waals surface area contributed by atoms with E-state index in [-0.39, 0.29) is 11.5 Å². The number of hydrogen-bond acceptors (Lipinski definition) is 3. The second-order valence-corrected chi connectivity index (χ2v) is 8.36. The Morgan fingerprint density at radius 1 is 1.28 bits per heavy atom. The second-order valence-electron chi connectivity index (χ2n) is 8.36. The Morgan fingerprint density at radius 3 is 2.40 bits per heavy atom. The fourth-order valence-corrected chi connectivity index (χ4v) is 3.83. The van der Waals surface area contributed by atoms with Crippen molar-refractivity contribution in [3.63, 3.8) is 0 Å². The van der Waals surface area contributed by atoms with Crippen LogP contribution in [0.1, 0.15) is 44.9 Å². The van der Waals surface area contributed by atoms with Gasteiger partial charge in [-0.2, -0.15) is 13.2 Å². The molecule has 2 heterocycles. The molecular formula is C18H23F3N2O2. The first-order valence-electron chi connectivity index (χ1n) is 8.46. The van der Waals surface area contributed by atoms with E-state index in [0.717, 1.165) is 30.9 Å². The average molecular weight is 356 g/mol. The monoisotopic (exact) mass is 356 g/mol. The standard InChI is InChI=1S/C18H23F3N2O2/c1-16(2,3)25-15(24)23-10-17(11-23)7-13(8-17)6-12-4-5-14(22-9-12)18(19,20)21/h4-5,9,13H,6-8,10-11H2,1-3H3.